The number of methoxy groups -OCH3 is 1. The standard InChI is InChI=1S/C30H50O5/c1-21(8-6-13-27(2,3)35-20-34-5)25-10-11-26-22(9-7-14-28(25,26)4)16-24(18-31)30-17-23(30)12-15-29(30,33)19-32/h6,8,16,21,23-26,31-33H,7,9-15,17-20H2,1-5H3/t21-,23-,24+,25-,26+,28-,29?,30+/m1/s1. The van der Waals surface area contributed by atoms with Gasteiger partial charge >= 0.3 is 0 Å². The molecule has 0 spiro atoms. The van der Waals surface area contributed by atoms with Crippen molar-refractivity contribution in [2.75, 3.05) is 27.1 Å². The number of hydrogen-bond acceptors (Lipinski definition) is 5. The normalized spacial score (nSPS) is 41.8. The van der Waals surface area contributed by atoms with Crippen molar-refractivity contribution in [1.29, 1.82) is 0 Å². The molecule has 3 N–H and O–H groups in total. The smallest absolute Gasteiger partial charge is 0.147 e. The van der Waals surface area contributed by atoms with E-state index in [1.54, 1.807) is 7.11 Å². The summed E-state index contributed by atoms with van der Waals surface area (Å²) in [5.74, 6) is 2.12. The molecule has 200 valence electrons. The molecular weight excluding hydrogens is 440 g/mol. The minimum atomic E-state index is -1.03. The third-order valence-electron chi connectivity index (χ3n) is 10.7. The van der Waals surface area contributed by atoms with Crippen molar-refractivity contribution in [3.05, 3.63) is 23.8 Å². The van der Waals surface area contributed by atoms with Crippen molar-refractivity contribution in [2.24, 2.45) is 40.4 Å². The lowest BCUT2D eigenvalue weighted by Crippen LogP contribution is -2.46. The highest BCUT2D eigenvalue weighted by Gasteiger charge is 2.72. The number of rotatable bonds is 11. The van der Waals surface area contributed by atoms with Crippen LogP contribution in [-0.2, 0) is 9.47 Å². The molecule has 0 aromatic carbocycles. The van der Waals surface area contributed by atoms with Crippen molar-refractivity contribution in [3.63, 3.8) is 0 Å². The van der Waals surface area contributed by atoms with Gasteiger partial charge in [0, 0.05) is 25.0 Å². The lowest BCUT2D eigenvalue weighted by Gasteiger charge is -2.45. The zero-order valence-corrected chi connectivity index (χ0v) is 22.8. The first-order valence-corrected chi connectivity index (χ1v) is 14.0. The third-order valence-corrected chi connectivity index (χ3v) is 10.7. The maximum absolute atomic E-state index is 11.2. The number of hydrogen-bond donors (Lipinski definition) is 3. The Hall–Kier alpha value is -0.720. The van der Waals surface area contributed by atoms with E-state index in [2.05, 4.69) is 45.9 Å². The highest BCUT2D eigenvalue weighted by molar-refractivity contribution is 5.28. The predicted molar refractivity (Wildman–Crippen MR) is 139 cm³/mol. The summed E-state index contributed by atoms with van der Waals surface area (Å²) in [6.45, 7) is 9.29. The van der Waals surface area contributed by atoms with E-state index in [4.69, 9.17) is 9.47 Å². The Morgan fingerprint density at radius 2 is 1.94 bits per heavy atom. The lowest BCUT2D eigenvalue weighted by molar-refractivity contribution is -0.112. The van der Waals surface area contributed by atoms with Crippen molar-refractivity contribution in [2.45, 2.75) is 96.7 Å². The van der Waals surface area contributed by atoms with Gasteiger partial charge in [-0.3, -0.25) is 0 Å². The van der Waals surface area contributed by atoms with Crippen molar-refractivity contribution >= 4 is 0 Å². The van der Waals surface area contributed by atoms with E-state index in [1.165, 1.54) is 31.3 Å². The van der Waals surface area contributed by atoms with Crippen LogP contribution in [0.1, 0.15) is 85.5 Å². The van der Waals surface area contributed by atoms with Gasteiger partial charge in [-0.2, -0.15) is 0 Å². The molecule has 5 heteroatoms. The van der Waals surface area contributed by atoms with Crippen LogP contribution in [0.3, 0.4) is 0 Å². The van der Waals surface area contributed by atoms with Crippen LogP contribution >= 0.6 is 0 Å². The summed E-state index contributed by atoms with van der Waals surface area (Å²) in [5.41, 5.74) is 0.212. The zero-order chi connectivity index (χ0) is 25.5. The largest absolute Gasteiger partial charge is 0.396 e. The summed E-state index contributed by atoms with van der Waals surface area (Å²) in [6.07, 6.45) is 16.5. The molecular formula is C30H50O5. The summed E-state index contributed by atoms with van der Waals surface area (Å²) < 4.78 is 10.9. The number of aliphatic hydroxyl groups is 3. The van der Waals surface area contributed by atoms with Crippen molar-refractivity contribution < 1.29 is 24.8 Å². The molecule has 5 nitrogen and oxygen atoms in total. The molecule has 0 saturated heterocycles. The molecule has 1 unspecified atom stereocenters. The number of aliphatic hydroxyl groups excluding tert-OH is 2. The molecule has 0 aromatic rings. The summed E-state index contributed by atoms with van der Waals surface area (Å²) in [4.78, 5) is 0. The molecule has 4 aliphatic carbocycles. The molecule has 4 aliphatic rings. The van der Waals surface area contributed by atoms with Gasteiger partial charge in [-0.15, -0.1) is 0 Å². The summed E-state index contributed by atoms with van der Waals surface area (Å²) >= 11 is 0. The Morgan fingerprint density at radius 3 is 2.60 bits per heavy atom. The first-order valence-electron chi connectivity index (χ1n) is 14.0. The van der Waals surface area contributed by atoms with Crippen LogP contribution in [0, 0.1) is 40.4 Å². The third kappa shape index (κ3) is 4.81. The second-order valence-corrected chi connectivity index (χ2v) is 13.1. The highest BCUT2D eigenvalue weighted by Crippen LogP contribution is 2.72. The molecule has 4 saturated carbocycles. The first-order chi connectivity index (χ1) is 16.6. The Balaban J connectivity index is 1.47. The molecule has 4 fully saturated rings. The Kier molecular flexibility index (Phi) is 7.97. The van der Waals surface area contributed by atoms with E-state index in [0.717, 1.165) is 25.7 Å². The van der Waals surface area contributed by atoms with Crippen LogP contribution in [-0.4, -0.2) is 53.6 Å². The van der Waals surface area contributed by atoms with Crippen LogP contribution in [0.4, 0.5) is 0 Å². The average Bonchev–Trinajstić information content (AvgIpc) is 3.36. The van der Waals surface area contributed by atoms with Gasteiger partial charge in [0.1, 0.15) is 6.79 Å². The highest BCUT2D eigenvalue weighted by atomic mass is 16.7. The fraction of sp³-hybridized carbons (Fsp3) is 0.867. The molecule has 35 heavy (non-hydrogen) atoms. The predicted octanol–water partition coefficient (Wildman–Crippen LogP) is 5.24. The molecule has 0 aliphatic heterocycles. The molecule has 0 bridgehead atoms. The topological polar surface area (TPSA) is 79.2 Å². The molecule has 0 aromatic heterocycles. The lowest BCUT2D eigenvalue weighted by atomic mass is 9.60. The van der Waals surface area contributed by atoms with Crippen LogP contribution in [0.25, 0.3) is 0 Å². The quantitative estimate of drug-likeness (QED) is 0.273. The molecule has 4 rings (SSSR count). The van der Waals surface area contributed by atoms with E-state index in [9.17, 15) is 15.3 Å². The van der Waals surface area contributed by atoms with Gasteiger partial charge in [0.15, 0.2) is 0 Å². The second kappa shape index (κ2) is 10.2. The van der Waals surface area contributed by atoms with Crippen LogP contribution in [0.15, 0.2) is 23.8 Å². The summed E-state index contributed by atoms with van der Waals surface area (Å²) in [5, 5.41) is 31.7. The monoisotopic (exact) mass is 490 g/mol. The Morgan fingerprint density at radius 1 is 1.17 bits per heavy atom. The van der Waals surface area contributed by atoms with E-state index >= 15 is 0 Å². The van der Waals surface area contributed by atoms with Gasteiger partial charge < -0.3 is 24.8 Å². The van der Waals surface area contributed by atoms with Gasteiger partial charge in [0.05, 0.1) is 17.8 Å². The second-order valence-electron chi connectivity index (χ2n) is 13.1. The minimum Gasteiger partial charge on any atom is -0.396 e. The van der Waals surface area contributed by atoms with E-state index < -0.39 is 5.60 Å². The fourth-order valence-corrected chi connectivity index (χ4v) is 8.69. The SMILES string of the molecule is COCOC(C)(C)CC=C[C@@H](C)[C@H]1CC[C@H]2C(=C[C@@H](CO)[C@]34C[C@H]3CCC4(O)CO)CCC[C@]12C. The van der Waals surface area contributed by atoms with Gasteiger partial charge in [0.25, 0.3) is 0 Å². The number of ether oxygens (including phenoxy) is 2. The van der Waals surface area contributed by atoms with Crippen molar-refractivity contribution in [3.8, 4) is 0 Å². The first kappa shape index (κ1) is 27.3. The average molecular weight is 491 g/mol. The summed E-state index contributed by atoms with van der Waals surface area (Å²) in [7, 11) is 1.66. The van der Waals surface area contributed by atoms with E-state index in [1.807, 2.05) is 0 Å². The molecule has 0 heterocycles. The zero-order valence-electron chi connectivity index (χ0n) is 22.8. The van der Waals surface area contributed by atoms with Gasteiger partial charge in [0.2, 0.25) is 0 Å². The van der Waals surface area contributed by atoms with E-state index in [-0.39, 0.29) is 35.6 Å². The maximum atomic E-state index is 11.2. The molecule has 0 amide bonds. The number of allylic oxidation sites excluding steroid dienone is 2. The van der Waals surface area contributed by atoms with Crippen molar-refractivity contribution in [1.82, 2.24) is 0 Å². The Bertz CT molecular complexity index is 805. The molecule has 8 atom stereocenters. The van der Waals surface area contributed by atoms with Gasteiger partial charge in [-0.25, -0.2) is 0 Å². The van der Waals surface area contributed by atoms with E-state index in [0.29, 0.717) is 36.9 Å². The number of fused-ring (bicyclic) bond motifs is 2. The maximum Gasteiger partial charge on any atom is 0.147 e. The minimum absolute atomic E-state index is 0.0461. The van der Waals surface area contributed by atoms with Crippen LogP contribution in [0.2, 0.25) is 0 Å². The Labute approximate surface area is 213 Å². The summed E-state index contributed by atoms with van der Waals surface area (Å²) in [6, 6.07) is 0. The molecule has 0 radical (unpaired) electrons. The van der Waals surface area contributed by atoms with Crippen LogP contribution in [0.5, 0.6) is 0 Å². The van der Waals surface area contributed by atoms with Crippen LogP contribution < -0.4 is 0 Å². The van der Waals surface area contributed by atoms with Gasteiger partial charge in [-0.1, -0.05) is 37.6 Å². The van der Waals surface area contributed by atoms with Gasteiger partial charge in [-0.05, 0) is 101 Å². The fourth-order valence-electron chi connectivity index (χ4n) is 8.69.